The molecule has 1 fully saturated rings. The molecule has 1 aromatic rings. The number of hydrogen-bond donors (Lipinski definition) is 0. The van der Waals surface area contributed by atoms with E-state index < -0.39 is 0 Å². The fourth-order valence-electron chi connectivity index (χ4n) is 2.87. The average molecular weight is 318 g/mol. The normalized spacial score (nSPS) is 15.3. The number of likely N-dealkylation sites (tertiary alicyclic amines) is 1. The Morgan fingerprint density at radius 2 is 1.91 bits per heavy atom. The van der Waals surface area contributed by atoms with Gasteiger partial charge in [0.2, 0.25) is 11.8 Å². The smallest absolute Gasteiger partial charge is 0.225 e. The zero-order valence-corrected chi connectivity index (χ0v) is 14.2. The van der Waals surface area contributed by atoms with Gasteiger partial charge in [0.25, 0.3) is 0 Å². The summed E-state index contributed by atoms with van der Waals surface area (Å²) >= 11 is 0. The van der Waals surface area contributed by atoms with Gasteiger partial charge in [0, 0.05) is 33.0 Å². The monoisotopic (exact) mass is 318 g/mol. The van der Waals surface area contributed by atoms with Gasteiger partial charge in [-0.2, -0.15) is 0 Å². The molecule has 0 saturated carbocycles. The first-order valence-electron chi connectivity index (χ1n) is 8.18. The molecule has 5 nitrogen and oxygen atoms in total. The summed E-state index contributed by atoms with van der Waals surface area (Å²) in [6.07, 6.45) is 1.50. The highest BCUT2D eigenvalue weighted by atomic mass is 16.5. The first kappa shape index (κ1) is 17.3. The molecule has 1 heterocycles. The summed E-state index contributed by atoms with van der Waals surface area (Å²) in [6, 6.07) is 7.87. The Morgan fingerprint density at radius 1 is 1.26 bits per heavy atom. The predicted octanol–water partition coefficient (Wildman–Crippen LogP) is 2.09. The molecule has 1 aliphatic heterocycles. The van der Waals surface area contributed by atoms with Crippen molar-refractivity contribution in [1.29, 1.82) is 0 Å². The van der Waals surface area contributed by atoms with Crippen molar-refractivity contribution < 1.29 is 14.3 Å². The lowest BCUT2D eigenvalue weighted by molar-refractivity contribution is -0.139. The van der Waals surface area contributed by atoms with Gasteiger partial charge in [-0.3, -0.25) is 9.59 Å². The fourth-order valence-corrected chi connectivity index (χ4v) is 2.87. The van der Waals surface area contributed by atoms with Gasteiger partial charge in [-0.25, -0.2) is 0 Å². The SMILES string of the molecule is CC(=O)N1CCC(C(=O)N(C)CCOc2ccccc2C)CC1. The van der Waals surface area contributed by atoms with E-state index >= 15 is 0 Å². The molecule has 1 aliphatic rings. The van der Waals surface area contributed by atoms with Crippen LogP contribution in [0.4, 0.5) is 0 Å². The largest absolute Gasteiger partial charge is 0.491 e. The molecular weight excluding hydrogens is 292 g/mol. The number of carbonyl (C=O) groups is 2. The van der Waals surface area contributed by atoms with Crippen molar-refractivity contribution in [2.45, 2.75) is 26.7 Å². The summed E-state index contributed by atoms with van der Waals surface area (Å²) in [5.41, 5.74) is 1.10. The van der Waals surface area contributed by atoms with Crippen molar-refractivity contribution in [3.05, 3.63) is 29.8 Å². The highest BCUT2D eigenvalue weighted by molar-refractivity contribution is 5.79. The van der Waals surface area contributed by atoms with E-state index in [1.807, 2.05) is 43.1 Å². The molecule has 0 atom stereocenters. The second-order valence-corrected chi connectivity index (χ2v) is 6.15. The minimum absolute atomic E-state index is 0.0223. The van der Waals surface area contributed by atoms with Gasteiger partial charge in [-0.1, -0.05) is 18.2 Å². The highest BCUT2D eigenvalue weighted by Gasteiger charge is 2.27. The van der Waals surface area contributed by atoms with Gasteiger partial charge in [0.15, 0.2) is 0 Å². The Kier molecular flexibility index (Phi) is 6.02. The van der Waals surface area contributed by atoms with E-state index in [2.05, 4.69) is 0 Å². The van der Waals surface area contributed by atoms with E-state index in [9.17, 15) is 9.59 Å². The Bertz CT molecular complexity index is 551. The number of carbonyl (C=O) groups excluding carboxylic acids is 2. The van der Waals surface area contributed by atoms with Crippen LogP contribution in [0.1, 0.15) is 25.3 Å². The van der Waals surface area contributed by atoms with Gasteiger partial charge in [0.05, 0.1) is 6.54 Å². The molecule has 0 aromatic heterocycles. The lowest BCUT2D eigenvalue weighted by Gasteiger charge is -2.32. The van der Waals surface area contributed by atoms with Crippen molar-refractivity contribution in [1.82, 2.24) is 9.80 Å². The summed E-state index contributed by atoms with van der Waals surface area (Å²) in [6.45, 7) is 6.00. The quantitative estimate of drug-likeness (QED) is 0.835. The van der Waals surface area contributed by atoms with Crippen LogP contribution in [0.2, 0.25) is 0 Å². The molecule has 0 aliphatic carbocycles. The number of aryl methyl sites for hydroxylation is 1. The van der Waals surface area contributed by atoms with Crippen LogP contribution in [0.25, 0.3) is 0 Å². The van der Waals surface area contributed by atoms with Gasteiger partial charge in [0.1, 0.15) is 12.4 Å². The topological polar surface area (TPSA) is 49.9 Å². The molecule has 1 aromatic carbocycles. The van der Waals surface area contributed by atoms with E-state index in [-0.39, 0.29) is 17.7 Å². The maximum absolute atomic E-state index is 12.5. The van der Waals surface area contributed by atoms with Crippen LogP contribution in [0.3, 0.4) is 0 Å². The summed E-state index contributed by atoms with van der Waals surface area (Å²) in [4.78, 5) is 27.3. The average Bonchev–Trinajstić information content (AvgIpc) is 2.56. The standard InChI is InChI=1S/C18H26N2O3/c1-14-6-4-5-7-17(14)23-13-12-19(3)18(22)16-8-10-20(11-9-16)15(2)21/h4-7,16H,8-13H2,1-3H3. The van der Waals surface area contributed by atoms with Gasteiger partial charge in [-0.05, 0) is 31.4 Å². The summed E-state index contributed by atoms with van der Waals surface area (Å²) in [7, 11) is 1.82. The molecule has 126 valence electrons. The highest BCUT2D eigenvalue weighted by Crippen LogP contribution is 2.20. The van der Waals surface area contributed by atoms with E-state index in [4.69, 9.17) is 4.74 Å². The van der Waals surface area contributed by atoms with Crippen LogP contribution in [0.15, 0.2) is 24.3 Å². The number of amides is 2. The van der Waals surface area contributed by atoms with E-state index in [1.54, 1.807) is 11.8 Å². The van der Waals surface area contributed by atoms with Crippen molar-refractivity contribution in [2.24, 2.45) is 5.92 Å². The van der Waals surface area contributed by atoms with Crippen LogP contribution in [-0.4, -0.2) is 54.9 Å². The van der Waals surface area contributed by atoms with Crippen molar-refractivity contribution in [3.63, 3.8) is 0 Å². The third kappa shape index (κ3) is 4.71. The molecule has 0 spiro atoms. The number of likely N-dealkylation sites (N-methyl/N-ethyl adjacent to an activating group) is 1. The Labute approximate surface area is 138 Å². The van der Waals surface area contributed by atoms with Crippen LogP contribution >= 0.6 is 0 Å². The van der Waals surface area contributed by atoms with E-state index in [0.29, 0.717) is 26.2 Å². The molecule has 0 radical (unpaired) electrons. The van der Waals surface area contributed by atoms with Gasteiger partial charge >= 0.3 is 0 Å². The third-order valence-corrected chi connectivity index (χ3v) is 4.44. The Morgan fingerprint density at radius 3 is 2.52 bits per heavy atom. The first-order chi connectivity index (χ1) is 11.0. The number of para-hydroxylation sites is 1. The van der Waals surface area contributed by atoms with E-state index in [1.165, 1.54) is 0 Å². The van der Waals surface area contributed by atoms with Crippen LogP contribution in [0, 0.1) is 12.8 Å². The van der Waals surface area contributed by atoms with Crippen molar-refractivity contribution >= 4 is 11.8 Å². The first-order valence-corrected chi connectivity index (χ1v) is 8.18. The molecular formula is C18H26N2O3. The predicted molar refractivity (Wildman–Crippen MR) is 89.3 cm³/mol. The molecule has 2 rings (SSSR count). The number of ether oxygens (including phenoxy) is 1. The maximum atomic E-state index is 12.5. The zero-order valence-electron chi connectivity index (χ0n) is 14.2. The fraction of sp³-hybridized carbons (Fsp3) is 0.556. The molecule has 0 unspecified atom stereocenters. The Hall–Kier alpha value is -2.04. The third-order valence-electron chi connectivity index (χ3n) is 4.44. The van der Waals surface area contributed by atoms with Crippen LogP contribution < -0.4 is 4.74 Å². The summed E-state index contributed by atoms with van der Waals surface area (Å²) in [5.74, 6) is 1.13. The van der Waals surface area contributed by atoms with Crippen LogP contribution in [0.5, 0.6) is 5.75 Å². The second-order valence-electron chi connectivity index (χ2n) is 6.15. The van der Waals surface area contributed by atoms with Crippen molar-refractivity contribution in [3.8, 4) is 5.75 Å². The van der Waals surface area contributed by atoms with Crippen molar-refractivity contribution in [2.75, 3.05) is 33.3 Å². The number of nitrogens with zero attached hydrogens (tertiary/aromatic N) is 2. The summed E-state index contributed by atoms with van der Waals surface area (Å²) < 4.78 is 5.75. The maximum Gasteiger partial charge on any atom is 0.225 e. The molecule has 0 bridgehead atoms. The molecule has 23 heavy (non-hydrogen) atoms. The lowest BCUT2D eigenvalue weighted by Crippen LogP contribution is -2.43. The minimum atomic E-state index is 0.0223. The second kappa shape index (κ2) is 7.99. The molecule has 2 amide bonds. The Balaban J connectivity index is 1.75. The number of hydrogen-bond acceptors (Lipinski definition) is 3. The van der Waals surface area contributed by atoms with E-state index in [0.717, 1.165) is 24.2 Å². The molecule has 1 saturated heterocycles. The number of rotatable bonds is 5. The molecule has 0 N–H and O–H groups in total. The van der Waals surface area contributed by atoms with Gasteiger partial charge < -0.3 is 14.5 Å². The minimum Gasteiger partial charge on any atom is -0.491 e. The zero-order chi connectivity index (χ0) is 16.8. The molecule has 5 heteroatoms. The lowest BCUT2D eigenvalue weighted by atomic mass is 9.95. The van der Waals surface area contributed by atoms with Gasteiger partial charge in [-0.15, -0.1) is 0 Å². The van der Waals surface area contributed by atoms with Crippen LogP contribution in [-0.2, 0) is 9.59 Å². The number of benzene rings is 1. The number of piperidine rings is 1. The summed E-state index contributed by atoms with van der Waals surface area (Å²) in [5, 5.41) is 0.